The van der Waals surface area contributed by atoms with E-state index in [1.54, 1.807) is 0 Å². The predicted octanol–water partition coefficient (Wildman–Crippen LogP) is 3.65. The van der Waals surface area contributed by atoms with Gasteiger partial charge in [0.2, 0.25) is 0 Å². The molecule has 3 rings (SSSR count). The van der Waals surface area contributed by atoms with Crippen molar-refractivity contribution >= 4 is 45.0 Å². The molecule has 5 nitrogen and oxygen atoms in total. The van der Waals surface area contributed by atoms with Crippen molar-refractivity contribution in [3.05, 3.63) is 34.7 Å². The molecule has 6 heteroatoms. The number of rotatable bonds is 3. The lowest BCUT2D eigenvalue weighted by atomic mass is 9.96. The van der Waals surface area contributed by atoms with Crippen molar-refractivity contribution in [2.75, 3.05) is 17.2 Å². The molecule has 0 spiro atoms. The van der Waals surface area contributed by atoms with Gasteiger partial charge < -0.3 is 17.2 Å². The van der Waals surface area contributed by atoms with Crippen LogP contribution in [0.25, 0.3) is 21.3 Å². The van der Waals surface area contributed by atoms with Gasteiger partial charge in [-0.1, -0.05) is 38.1 Å². The lowest BCUT2D eigenvalue weighted by molar-refractivity contribution is 0.112. The normalized spacial score (nSPS) is 11.3. The molecule has 0 unspecified atom stereocenters. The maximum Gasteiger partial charge on any atom is 0.162 e. The van der Waals surface area contributed by atoms with Crippen LogP contribution >= 0.6 is 11.3 Å². The van der Waals surface area contributed by atoms with Crippen LogP contribution in [0.3, 0.4) is 0 Å². The summed E-state index contributed by atoms with van der Waals surface area (Å²) in [6.07, 6.45) is 0.736. The maximum absolute atomic E-state index is 11.2. The highest BCUT2D eigenvalue weighted by Gasteiger charge is 2.19. The Labute approximate surface area is 138 Å². The largest absolute Gasteiger partial charge is 0.397 e. The van der Waals surface area contributed by atoms with E-state index in [-0.39, 0.29) is 5.82 Å². The van der Waals surface area contributed by atoms with Gasteiger partial charge in [0.05, 0.1) is 16.3 Å². The zero-order valence-electron chi connectivity index (χ0n) is 13.0. The molecule has 118 valence electrons. The molecule has 1 aromatic carbocycles. The van der Waals surface area contributed by atoms with E-state index < -0.39 is 0 Å². The van der Waals surface area contributed by atoms with E-state index in [4.69, 9.17) is 17.2 Å². The van der Waals surface area contributed by atoms with Crippen LogP contribution in [-0.4, -0.2) is 11.3 Å². The molecule has 0 amide bonds. The average molecular weight is 326 g/mol. The summed E-state index contributed by atoms with van der Waals surface area (Å²) in [7, 11) is 0. The molecule has 23 heavy (non-hydrogen) atoms. The molecule has 0 aliphatic rings. The van der Waals surface area contributed by atoms with Crippen molar-refractivity contribution in [3.8, 4) is 11.1 Å². The fourth-order valence-corrected chi connectivity index (χ4v) is 3.55. The molecule has 0 aliphatic heterocycles. The van der Waals surface area contributed by atoms with Crippen LogP contribution in [0.5, 0.6) is 0 Å². The van der Waals surface area contributed by atoms with Gasteiger partial charge in [0.25, 0.3) is 0 Å². The van der Waals surface area contributed by atoms with Crippen molar-refractivity contribution in [1.82, 2.24) is 4.98 Å². The number of carbonyl (C=O) groups is 1. The Hall–Kier alpha value is -2.60. The summed E-state index contributed by atoms with van der Waals surface area (Å²) in [6, 6.07) is 8.12. The second kappa shape index (κ2) is 5.55. The topological polar surface area (TPSA) is 108 Å². The van der Waals surface area contributed by atoms with Crippen molar-refractivity contribution in [1.29, 1.82) is 0 Å². The summed E-state index contributed by atoms with van der Waals surface area (Å²) in [5.41, 5.74) is 21.9. The van der Waals surface area contributed by atoms with Crippen LogP contribution in [0.2, 0.25) is 0 Å². The monoisotopic (exact) mass is 326 g/mol. The number of aldehydes is 1. The summed E-state index contributed by atoms with van der Waals surface area (Å²) in [5, 5.41) is 0.695. The lowest BCUT2D eigenvalue weighted by Crippen LogP contribution is -2.01. The third-order valence-electron chi connectivity index (χ3n) is 3.95. The highest BCUT2D eigenvalue weighted by atomic mass is 32.1. The quantitative estimate of drug-likeness (QED) is 0.637. The number of carbonyl (C=O) groups excluding carboxylic acids is 1. The molecular formula is C17H18N4OS. The number of nitrogens with zero attached hydrogens (tertiary/aromatic N) is 1. The molecule has 0 bridgehead atoms. The van der Waals surface area contributed by atoms with E-state index in [9.17, 15) is 4.79 Å². The van der Waals surface area contributed by atoms with Crippen LogP contribution in [0.1, 0.15) is 35.0 Å². The van der Waals surface area contributed by atoms with E-state index in [1.165, 1.54) is 16.9 Å². The summed E-state index contributed by atoms with van der Waals surface area (Å²) in [4.78, 5) is 16.5. The van der Waals surface area contributed by atoms with Gasteiger partial charge in [-0.15, -0.1) is 11.3 Å². The second-order valence-corrected chi connectivity index (χ2v) is 6.77. The second-order valence-electron chi connectivity index (χ2n) is 5.74. The van der Waals surface area contributed by atoms with Crippen molar-refractivity contribution in [2.24, 2.45) is 0 Å². The molecule has 0 saturated carbocycles. The Balaban J connectivity index is 2.32. The molecule has 0 radical (unpaired) electrons. The number of anilines is 3. The molecule has 0 saturated heterocycles. The van der Waals surface area contributed by atoms with Gasteiger partial charge in [0.15, 0.2) is 6.29 Å². The van der Waals surface area contributed by atoms with Crippen LogP contribution in [0, 0.1) is 0 Å². The van der Waals surface area contributed by atoms with Gasteiger partial charge in [-0.05, 0) is 17.0 Å². The Morgan fingerprint density at radius 3 is 2.30 bits per heavy atom. The summed E-state index contributed by atoms with van der Waals surface area (Å²) in [5.74, 6) is 0.691. The van der Waals surface area contributed by atoms with Crippen LogP contribution < -0.4 is 17.2 Å². The van der Waals surface area contributed by atoms with Gasteiger partial charge >= 0.3 is 0 Å². The first-order valence-corrected chi connectivity index (χ1v) is 8.08. The number of benzene rings is 1. The van der Waals surface area contributed by atoms with Crippen LogP contribution in [0.4, 0.5) is 17.2 Å². The predicted molar refractivity (Wildman–Crippen MR) is 97.8 cm³/mol. The SMILES string of the molecule is CC(C)c1ccc(-c2c(N)c(N)nc3sc(C=O)c(N)c23)cc1. The molecule has 2 heterocycles. The van der Waals surface area contributed by atoms with E-state index in [0.29, 0.717) is 32.4 Å². The Kier molecular flexibility index (Phi) is 3.69. The van der Waals surface area contributed by atoms with E-state index >= 15 is 0 Å². The maximum atomic E-state index is 11.2. The van der Waals surface area contributed by atoms with Crippen molar-refractivity contribution in [3.63, 3.8) is 0 Å². The number of nitrogen functional groups attached to an aromatic ring is 3. The fraction of sp³-hybridized carbons (Fsp3) is 0.176. The van der Waals surface area contributed by atoms with Crippen LogP contribution in [0.15, 0.2) is 24.3 Å². The first kappa shape index (κ1) is 15.3. The minimum absolute atomic E-state index is 0.249. The molecule has 0 atom stereocenters. The minimum atomic E-state index is 0.249. The van der Waals surface area contributed by atoms with E-state index in [1.807, 2.05) is 12.1 Å². The fourth-order valence-electron chi connectivity index (χ4n) is 2.62. The smallest absolute Gasteiger partial charge is 0.162 e. The number of thiophene rings is 1. The molecule has 2 aromatic heterocycles. The van der Waals surface area contributed by atoms with Gasteiger partial charge in [-0.2, -0.15) is 0 Å². The number of nitrogens with two attached hydrogens (primary N) is 3. The molecule has 0 fully saturated rings. The molecule has 3 aromatic rings. The van der Waals surface area contributed by atoms with E-state index in [0.717, 1.165) is 17.4 Å². The highest BCUT2D eigenvalue weighted by Crippen LogP contribution is 2.43. The molecule has 6 N–H and O–H groups in total. The van der Waals surface area contributed by atoms with Gasteiger partial charge in [0, 0.05) is 10.9 Å². The van der Waals surface area contributed by atoms with Gasteiger partial charge in [-0.3, -0.25) is 4.79 Å². The zero-order valence-corrected chi connectivity index (χ0v) is 13.8. The summed E-state index contributed by atoms with van der Waals surface area (Å²) < 4.78 is 0. The third kappa shape index (κ3) is 2.41. The number of hydrogen-bond donors (Lipinski definition) is 3. The molecular weight excluding hydrogens is 308 g/mol. The standard InChI is InChI=1S/C17H18N4OS/c1-8(2)9-3-5-10(6-4-9)12-13-14(18)11(7-22)23-17(13)21-16(20)15(12)19/h3-8H,18-19H2,1-2H3,(H2,20,21). The minimum Gasteiger partial charge on any atom is -0.397 e. The molecule has 0 aliphatic carbocycles. The lowest BCUT2D eigenvalue weighted by Gasteiger charge is -2.12. The van der Waals surface area contributed by atoms with Gasteiger partial charge in [0.1, 0.15) is 10.6 Å². The number of fused-ring (bicyclic) bond motifs is 1. The average Bonchev–Trinajstić information content (AvgIpc) is 2.84. The zero-order chi connectivity index (χ0) is 16.7. The summed E-state index contributed by atoms with van der Waals surface area (Å²) >= 11 is 1.22. The first-order chi connectivity index (χ1) is 10.9. The number of hydrogen-bond acceptors (Lipinski definition) is 6. The van der Waals surface area contributed by atoms with Gasteiger partial charge in [-0.25, -0.2) is 4.98 Å². The third-order valence-corrected chi connectivity index (χ3v) is 4.97. The Morgan fingerprint density at radius 2 is 1.74 bits per heavy atom. The highest BCUT2D eigenvalue weighted by molar-refractivity contribution is 7.21. The Morgan fingerprint density at radius 1 is 1.09 bits per heavy atom. The van der Waals surface area contributed by atoms with Crippen molar-refractivity contribution in [2.45, 2.75) is 19.8 Å². The number of pyridine rings is 1. The Bertz CT molecular complexity index is 897. The van der Waals surface area contributed by atoms with E-state index in [2.05, 4.69) is 31.0 Å². The first-order valence-electron chi connectivity index (χ1n) is 7.26. The number of aromatic nitrogens is 1. The van der Waals surface area contributed by atoms with Crippen LogP contribution in [-0.2, 0) is 0 Å². The summed E-state index contributed by atoms with van der Waals surface area (Å²) in [6.45, 7) is 4.28. The van der Waals surface area contributed by atoms with Crippen molar-refractivity contribution < 1.29 is 4.79 Å².